The summed E-state index contributed by atoms with van der Waals surface area (Å²) in [5, 5.41) is 5.85. The van der Waals surface area contributed by atoms with Crippen LogP contribution in [-0.2, 0) is 17.8 Å². The molecule has 1 aromatic carbocycles. The Morgan fingerprint density at radius 1 is 1.48 bits per heavy atom. The van der Waals surface area contributed by atoms with Crippen molar-refractivity contribution in [2.24, 2.45) is 5.92 Å². The van der Waals surface area contributed by atoms with Crippen LogP contribution in [0.3, 0.4) is 0 Å². The van der Waals surface area contributed by atoms with Crippen molar-refractivity contribution < 1.29 is 9.18 Å². The largest absolute Gasteiger partial charge is 0.323 e. The number of carbonyl (C=O) groups excluding carboxylic acids is 1. The van der Waals surface area contributed by atoms with Crippen LogP contribution in [0.4, 0.5) is 10.1 Å². The van der Waals surface area contributed by atoms with Crippen LogP contribution in [-0.4, -0.2) is 23.5 Å². The van der Waals surface area contributed by atoms with Gasteiger partial charge < -0.3 is 10.6 Å². The fourth-order valence-electron chi connectivity index (χ4n) is 2.58. The van der Waals surface area contributed by atoms with Gasteiger partial charge in [-0.3, -0.25) is 4.79 Å². The van der Waals surface area contributed by atoms with Gasteiger partial charge in [-0.25, -0.2) is 4.39 Å². The minimum absolute atomic E-state index is 0.107. The summed E-state index contributed by atoms with van der Waals surface area (Å²) in [4.78, 5) is 12.4. The number of amides is 1. The summed E-state index contributed by atoms with van der Waals surface area (Å²) in [5.74, 6) is 0.713. The minimum atomic E-state index is -0.272. The van der Waals surface area contributed by atoms with E-state index in [-0.39, 0.29) is 22.9 Å². The molecule has 116 valence electrons. The van der Waals surface area contributed by atoms with E-state index in [1.807, 2.05) is 26.8 Å². The number of benzene rings is 1. The van der Waals surface area contributed by atoms with Gasteiger partial charge in [-0.05, 0) is 41.8 Å². The standard InChI is InChI=1S/C16H23FN2OS/c1-4-21-15(10(2)3)16(20)19-13-6-5-11-9-18-8-7-12(11)14(13)17/h5-6,10,15,18H,4,7-9H2,1-3H3,(H,19,20). The van der Waals surface area contributed by atoms with Gasteiger partial charge in [-0.15, -0.1) is 11.8 Å². The highest BCUT2D eigenvalue weighted by Gasteiger charge is 2.24. The lowest BCUT2D eigenvalue weighted by Gasteiger charge is -2.22. The zero-order valence-electron chi connectivity index (χ0n) is 12.8. The molecule has 0 saturated heterocycles. The average molecular weight is 310 g/mol. The molecule has 21 heavy (non-hydrogen) atoms. The van der Waals surface area contributed by atoms with Crippen LogP contribution in [0.1, 0.15) is 31.9 Å². The topological polar surface area (TPSA) is 41.1 Å². The van der Waals surface area contributed by atoms with E-state index >= 15 is 0 Å². The van der Waals surface area contributed by atoms with E-state index in [0.717, 1.165) is 23.4 Å². The number of anilines is 1. The Bertz CT molecular complexity index is 519. The fourth-order valence-corrected chi connectivity index (χ4v) is 3.54. The maximum absolute atomic E-state index is 14.5. The first-order valence-electron chi connectivity index (χ1n) is 7.48. The van der Waals surface area contributed by atoms with Gasteiger partial charge in [0.25, 0.3) is 0 Å². The molecule has 3 nitrogen and oxygen atoms in total. The number of rotatable bonds is 5. The van der Waals surface area contributed by atoms with Crippen LogP contribution in [0.5, 0.6) is 0 Å². The molecule has 1 unspecified atom stereocenters. The predicted molar refractivity (Wildman–Crippen MR) is 87.2 cm³/mol. The van der Waals surface area contributed by atoms with E-state index in [9.17, 15) is 9.18 Å². The highest BCUT2D eigenvalue weighted by atomic mass is 32.2. The van der Waals surface area contributed by atoms with Crippen molar-refractivity contribution in [2.45, 2.75) is 39.0 Å². The third-order valence-electron chi connectivity index (χ3n) is 3.68. The highest BCUT2D eigenvalue weighted by Crippen LogP contribution is 2.26. The zero-order valence-corrected chi connectivity index (χ0v) is 13.6. The summed E-state index contributed by atoms with van der Waals surface area (Å²) in [7, 11) is 0. The van der Waals surface area contributed by atoms with Gasteiger partial charge in [0.1, 0.15) is 5.82 Å². The van der Waals surface area contributed by atoms with Crippen molar-refractivity contribution in [2.75, 3.05) is 17.6 Å². The quantitative estimate of drug-likeness (QED) is 0.877. The Kier molecular flexibility index (Phi) is 5.65. The van der Waals surface area contributed by atoms with Crippen LogP contribution < -0.4 is 10.6 Å². The van der Waals surface area contributed by atoms with Gasteiger partial charge in [0.15, 0.2) is 0 Å². The Morgan fingerprint density at radius 3 is 2.90 bits per heavy atom. The van der Waals surface area contributed by atoms with E-state index < -0.39 is 0 Å². The smallest absolute Gasteiger partial charge is 0.237 e. The number of nitrogens with one attached hydrogen (secondary N) is 2. The van der Waals surface area contributed by atoms with Crippen LogP contribution >= 0.6 is 11.8 Å². The molecule has 0 spiro atoms. The molecule has 0 bridgehead atoms. The van der Waals surface area contributed by atoms with Gasteiger partial charge in [0, 0.05) is 6.54 Å². The Labute approximate surface area is 130 Å². The van der Waals surface area contributed by atoms with E-state index in [4.69, 9.17) is 0 Å². The Hall–Kier alpha value is -1.07. The second-order valence-electron chi connectivity index (χ2n) is 5.60. The molecular formula is C16H23FN2OS. The summed E-state index contributed by atoms with van der Waals surface area (Å²) >= 11 is 1.60. The predicted octanol–water partition coefficient (Wildman–Crippen LogP) is 3.19. The lowest BCUT2D eigenvalue weighted by atomic mass is 9.99. The third kappa shape index (κ3) is 3.77. The average Bonchev–Trinajstić information content (AvgIpc) is 2.47. The minimum Gasteiger partial charge on any atom is -0.323 e. The molecule has 1 atom stereocenters. The van der Waals surface area contributed by atoms with Gasteiger partial charge in [0.2, 0.25) is 5.91 Å². The first kappa shape index (κ1) is 16.3. The van der Waals surface area contributed by atoms with Gasteiger partial charge in [-0.2, -0.15) is 0 Å². The number of carbonyl (C=O) groups is 1. The first-order valence-corrected chi connectivity index (χ1v) is 8.52. The van der Waals surface area contributed by atoms with E-state index in [0.29, 0.717) is 18.7 Å². The molecule has 1 aromatic rings. The summed E-state index contributed by atoms with van der Waals surface area (Å²) in [5.41, 5.74) is 2.03. The molecule has 1 aliphatic heterocycles. The molecule has 0 aliphatic carbocycles. The first-order chi connectivity index (χ1) is 10.0. The molecule has 5 heteroatoms. The number of fused-ring (bicyclic) bond motifs is 1. The zero-order chi connectivity index (χ0) is 15.4. The van der Waals surface area contributed by atoms with Crippen molar-refractivity contribution in [3.63, 3.8) is 0 Å². The number of hydrogen-bond donors (Lipinski definition) is 2. The third-order valence-corrected chi connectivity index (χ3v) is 5.13. The summed E-state index contributed by atoms with van der Waals surface area (Å²) < 4.78 is 14.5. The van der Waals surface area contributed by atoms with Gasteiger partial charge >= 0.3 is 0 Å². The van der Waals surface area contributed by atoms with Crippen LogP contribution in [0, 0.1) is 11.7 Å². The molecule has 0 aromatic heterocycles. The van der Waals surface area contributed by atoms with Crippen molar-refractivity contribution in [1.29, 1.82) is 0 Å². The monoisotopic (exact) mass is 310 g/mol. The summed E-state index contributed by atoms with van der Waals surface area (Å²) in [6.45, 7) is 7.53. The maximum atomic E-state index is 14.5. The van der Waals surface area contributed by atoms with E-state index in [1.54, 1.807) is 17.8 Å². The molecule has 0 radical (unpaired) electrons. The van der Waals surface area contributed by atoms with Crippen LogP contribution in [0.2, 0.25) is 0 Å². The van der Waals surface area contributed by atoms with Crippen molar-refractivity contribution in [1.82, 2.24) is 5.32 Å². The molecule has 1 amide bonds. The lowest BCUT2D eigenvalue weighted by Crippen LogP contribution is -2.31. The fraction of sp³-hybridized carbons (Fsp3) is 0.562. The van der Waals surface area contributed by atoms with Gasteiger partial charge in [-0.1, -0.05) is 26.8 Å². The molecule has 2 N–H and O–H groups in total. The lowest BCUT2D eigenvalue weighted by molar-refractivity contribution is -0.116. The summed E-state index contributed by atoms with van der Waals surface area (Å²) in [6, 6.07) is 3.57. The normalized spacial score (nSPS) is 15.7. The van der Waals surface area contributed by atoms with E-state index in [2.05, 4.69) is 10.6 Å². The highest BCUT2D eigenvalue weighted by molar-refractivity contribution is 8.00. The molecule has 0 fully saturated rings. The van der Waals surface area contributed by atoms with Crippen LogP contribution in [0.15, 0.2) is 12.1 Å². The molecular weight excluding hydrogens is 287 g/mol. The Morgan fingerprint density at radius 2 is 2.24 bits per heavy atom. The van der Waals surface area contributed by atoms with Crippen LogP contribution in [0.25, 0.3) is 0 Å². The molecule has 1 heterocycles. The second-order valence-corrected chi connectivity index (χ2v) is 7.02. The van der Waals surface area contributed by atoms with Crippen molar-refractivity contribution >= 4 is 23.4 Å². The SMILES string of the molecule is CCSC(C(=O)Nc1ccc2c(c1F)CCNC2)C(C)C. The molecule has 2 rings (SSSR count). The number of thioether (sulfide) groups is 1. The molecule has 1 aliphatic rings. The van der Waals surface area contributed by atoms with Crippen molar-refractivity contribution in [3.05, 3.63) is 29.1 Å². The second kappa shape index (κ2) is 7.27. The van der Waals surface area contributed by atoms with Gasteiger partial charge in [0.05, 0.1) is 10.9 Å². The summed E-state index contributed by atoms with van der Waals surface area (Å²) in [6.07, 6.45) is 0.669. The Balaban J connectivity index is 2.17. The van der Waals surface area contributed by atoms with Crippen molar-refractivity contribution in [3.8, 4) is 0 Å². The maximum Gasteiger partial charge on any atom is 0.237 e. The molecule has 0 saturated carbocycles. The number of halogens is 1. The number of hydrogen-bond acceptors (Lipinski definition) is 3. The van der Waals surface area contributed by atoms with E-state index in [1.165, 1.54) is 0 Å².